The van der Waals surface area contributed by atoms with E-state index in [0.29, 0.717) is 30.6 Å². The Morgan fingerprint density at radius 2 is 2.31 bits per heavy atom. The van der Waals surface area contributed by atoms with Crippen LogP contribution in [0.5, 0.6) is 0 Å². The maximum atomic E-state index is 11.4. The molecule has 0 bridgehead atoms. The van der Waals surface area contributed by atoms with Gasteiger partial charge in [0.25, 0.3) is 0 Å². The summed E-state index contributed by atoms with van der Waals surface area (Å²) in [7, 11) is 0. The third-order valence-corrected chi connectivity index (χ3v) is 1.76. The first-order valence-electron chi connectivity index (χ1n) is 4.18. The van der Waals surface area contributed by atoms with E-state index in [2.05, 4.69) is 4.98 Å². The first-order chi connectivity index (χ1) is 6.25. The van der Waals surface area contributed by atoms with Gasteiger partial charge in [0.05, 0.1) is 5.56 Å². The van der Waals surface area contributed by atoms with E-state index in [-0.39, 0.29) is 5.78 Å². The fourth-order valence-electron chi connectivity index (χ4n) is 1.04. The summed E-state index contributed by atoms with van der Waals surface area (Å²) in [4.78, 5) is 15.3. The summed E-state index contributed by atoms with van der Waals surface area (Å²) in [5.41, 5.74) is 11.9. The minimum Gasteiger partial charge on any atom is -0.398 e. The topological polar surface area (TPSA) is 82.0 Å². The van der Waals surface area contributed by atoms with Crippen LogP contribution in [0.25, 0.3) is 0 Å². The van der Waals surface area contributed by atoms with Gasteiger partial charge >= 0.3 is 0 Å². The highest BCUT2D eigenvalue weighted by Crippen LogP contribution is 2.11. The van der Waals surface area contributed by atoms with Gasteiger partial charge in [-0.1, -0.05) is 0 Å². The molecule has 0 unspecified atom stereocenters. The van der Waals surface area contributed by atoms with E-state index < -0.39 is 0 Å². The lowest BCUT2D eigenvalue weighted by Crippen LogP contribution is -2.07. The third-order valence-electron chi connectivity index (χ3n) is 1.76. The quantitative estimate of drug-likeness (QED) is 0.662. The highest BCUT2D eigenvalue weighted by Gasteiger charge is 2.08. The second-order valence-electron chi connectivity index (χ2n) is 2.78. The van der Waals surface area contributed by atoms with Crippen molar-refractivity contribution in [3.63, 3.8) is 0 Å². The minimum atomic E-state index is 0.0102. The smallest absolute Gasteiger partial charge is 0.166 e. The molecule has 0 saturated heterocycles. The Morgan fingerprint density at radius 3 is 2.92 bits per heavy atom. The number of rotatable bonds is 4. The van der Waals surface area contributed by atoms with E-state index in [1.807, 2.05) is 0 Å². The van der Waals surface area contributed by atoms with Crippen LogP contribution in [0.15, 0.2) is 18.5 Å². The molecule has 4 nitrogen and oxygen atoms in total. The van der Waals surface area contributed by atoms with Crippen LogP contribution in [-0.4, -0.2) is 17.3 Å². The van der Waals surface area contributed by atoms with Gasteiger partial charge in [-0.05, 0) is 19.0 Å². The average Bonchev–Trinajstić information content (AvgIpc) is 2.15. The summed E-state index contributed by atoms with van der Waals surface area (Å²) in [6.45, 7) is 0.520. The van der Waals surface area contributed by atoms with Crippen LogP contribution in [0, 0.1) is 0 Å². The number of nitrogen functional groups attached to an aromatic ring is 1. The molecule has 0 aromatic carbocycles. The first-order valence-corrected chi connectivity index (χ1v) is 4.18. The fraction of sp³-hybridized carbons (Fsp3) is 0.333. The number of hydrogen-bond acceptors (Lipinski definition) is 4. The predicted molar refractivity (Wildman–Crippen MR) is 51.3 cm³/mol. The number of Topliss-reactive ketones (excluding diaryl/α,β-unsaturated/α-hetero) is 1. The van der Waals surface area contributed by atoms with E-state index >= 15 is 0 Å². The van der Waals surface area contributed by atoms with Crippen molar-refractivity contribution in [2.75, 3.05) is 12.3 Å². The molecule has 0 spiro atoms. The first kappa shape index (κ1) is 9.67. The number of nitrogens with zero attached hydrogens (tertiary/aromatic N) is 1. The van der Waals surface area contributed by atoms with Crippen molar-refractivity contribution in [1.29, 1.82) is 0 Å². The summed E-state index contributed by atoms with van der Waals surface area (Å²) in [5, 5.41) is 0. The molecule has 0 radical (unpaired) electrons. The van der Waals surface area contributed by atoms with Crippen molar-refractivity contribution in [2.24, 2.45) is 5.73 Å². The zero-order chi connectivity index (χ0) is 9.68. The molecule has 0 aliphatic rings. The Hall–Kier alpha value is -1.42. The summed E-state index contributed by atoms with van der Waals surface area (Å²) in [5.74, 6) is 0.0102. The molecule has 1 heterocycles. The molecule has 4 N–H and O–H groups in total. The molecule has 0 saturated carbocycles. The lowest BCUT2D eigenvalue weighted by molar-refractivity contribution is 0.0981. The van der Waals surface area contributed by atoms with E-state index in [1.54, 1.807) is 12.3 Å². The van der Waals surface area contributed by atoms with Crippen LogP contribution in [0.3, 0.4) is 0 Å². The van der Waals surface area contributed by atoms with Crippen molar-refractivity contribution >= 4 is 11.5 Å². The Balaban J connectivity index is 2.71. The number of carbonyl (C=O) groups is 1. The molecule has 0 aliphatic heterocycles. The van der Waals surface area contributed by atoms with E-state index in [0.717, 1.165) is 0 Å². The van der Waals surface area contributed by atoms with E-state index in [9.17, 15) is 4.79 Å². The number of hydrogen-bond donors (Lipinski definition) is 2. The molecular formula is C9H13N3O. The van der Waals surface area contributed by atoms with Gasteiger partial charge < -0.3 is 11.5 Å². The van der Waals surface area contributed by atoms with Gasteiger partial charge in [-0.25, -0.2) is 0 Å². The molecule has 13 heavy (non-hydrogen) atoms. The second-order valence-corrected chi connectivity index (χ2v) is 2.78. The summed E-state index contributed by atoms with van der Waals surface area (Å²) < 4.78 is 0. The minimum absolute atomic E-state index is 0.0102. The third kappa shape index (κ3) is 2.52. The van der Waals surface area contributed by atoms with Crippen LogP contribution in [0.1, 0.15) is 23.2 Å². The SMILES string of the molecule is NCCCC(=O)c1cnccc1N. The molecular weight excluding hydrogens is 166 g/mol. The summed E-state index contributed by atoms with van der Waals surface area (Å²) in [6.07, 6.45) is 4.18. The highest BCUT2D eigenvalue weighted by molar-refractivity contribution is 6.00. The lowest BCUT2D eigenvalue weighted by atomic mass is 10.1. The number of nitrogens with two attached hydrogens (primary N) is 2. The maximum Gasteiger partial charge on any atom is 0.166 e. The second kappa shape index (κ2) is 4.57. The van der Waals surface area contributed by atoms with Gasteiger partial charge in [0, 0.05) is 24.5 Å². The number of ketones is 1. The van der Waals surface area contributed by atoms with Crippen LogP contribution < -0.4 is 11.5 Å². The molecule has 0 amide bonds. The van der Waals surface area contributed by atoms with Gasteiger partial charge in [-0.3, -0.25) is 9.78 Å². The molecule has 0 atom stereocenters. The molecule has 1 rings (SSSR count). The molecule has 1 aromatic heterocycles. The highest BCUT2D eigenvalue weighted by atomic mass is 16.1. The van der Waals surface area contributed by atoms with Crippen LogP contribution in [-0.2, 0) is 0 Å². The van der Waals surface area contributed by atoms with Gasteiger partial charge in [-0.15, -0.1) is 0 Å². The van der Waals surface area contributed by atoms with E-state index in [4.69, 9.17) is 11.5 Å². The van der Waals surface area contributed by atoms with Crippen molar-refractivity contribution < 1.29 is 4.79 Å². The Morgan fingerprint density at radius 1 is 1.54 bits per heavy atom. The summed E-state index contributed by atoms with van der Waals surface area (Å²) >= 11 is 0. The van der Waals surface area contributed by atoms with Crippen LogP contribution >= 0.6 is 0 Å². The molecule has 0 aliphatic carbocycles. The number of aromatic nitrogens is 1. The Bertz CT molecular complexity index is 299. The Labute approximate surface area is 77.0 Å². The van der Waals surface area contributed by atoms with Gasteiger partial charge in [0.2, 0.25) is 0 Å². The predicted octanol–water partition coefficient (Wildman–Crippen LogP) is 0.585. The molecule has 1 aromatic rings. The van der Waals surface area contributed by atoms with Gasteiger partial charge in [0.15, 0.2) is 5.78 Å². The number of anilines is 1. The standard InChI is InChI=1S/C9H13N3O/c10-4-1-2-9(13)7-6-12-5-3-8(7)11/h3,5-6H,1-2,4,10H2,(H2,11,12). The monoisotopic (exact) mass is 179 g/mol. The van der Waals surface area contributed by atoms with Crippen LogP contribution in [0.4, 0.5) is 5.69 Å². The number of pyridine rings is 1. The van der Waals surface area contributed by atoms with Crippen molar-refractivity contribution in [3.05, 3.63) is 24.0 Å². The maximum absolute atomic E-state index is 11.4. The molecule has 4 heteroatoms. The summed E-state index contributed by atoms with van der Waals surface area (Å²) in [6, 6.07) is 1.62. The molecule has 0 fully saturated rings. The average molecular weight is 179 g/mol. The molecule has 70 valence electrons. The van der Waals surface area contributed by atoms with Crippen molar-refractivity contribution in [3.8, 4) is 0 Å². The van der Waals surface area contributed by atoms with Crippen molar-refractivity contribution in [1.82, 2.24) is 4.98 Å². The van der Waals surface area contributed by atoms with Crippen molar-refractivity contribution in [2.45, 2.75) is 12.8 Å². The Kier molecular flexibility index (Phi) is 3.40. The zero-order valence-electron chi connectivity index (χ0n) is 7.36. The fourth-order valence-corrected chi connectivity index (χ4v) is 1.04. The number of carbonyl (C=O) groups excluding carboxylic acids is 1. The van der Waals surface area contributed by atoms with Gasteiger partial charge in [0.1, 0.15) is 0 Å². The van der Waals surface area contributed by atoms with E-state index in [1.165, 1.54) is 6.20 Å². The lowest BCUT2D eigenvalue weighted by Gasteiger charge is -2.02. The largest absolute Gasteiger partial charge is 0.398 e. The zero-order valence-corrected chi connectivity index (χ0v) is 7.36. The van der Waals surface area contributed by atoms with Crippen LogP contribution in [0.2, 0.25) is 0 Å². The normalized spacial score (nSPS) is 9.92. The van der Waals surface area contributed by atoms with Gasteiger partial charge in [-0.2, -0.15) is 0 Å².